The van der Waals surface area contributed by atoms with Crippen LogP contribution in [0.1, 0.15) is 45.6 Å². The van der Waals surface area contributed by atoms with E-state index in [1.807, 2.05) is 11.8 Å². The molecule has 1 aliphatic heterocycles. The molecular formula is C18H26N2O3S. The maximum absolute atomic E-state index is 12.5. The minimum absolute atomic E-state index is 0.0972. The van der Waals surface area contributed by atoms with Crippen LogP contribution in [0.4, 0.5) is 5.69 Å². The SMILES string of the molecule is CC(C)CCNS(=O)(=O)c1ccc2c(c1)CC(C)N2C(=O)C1CC1. The fourth-order valence-electron chi connectivity index (χ4n) is 3.20. The number of carbonyl (C=O) groups excluding carboxylic acids is 1. The van der Waals surface area contributed by atoms with Crippen LogP contribution in [0.3, 0.4) is 0 Å². The number of anilines is 1. The van der Waals surface area contributed by atoms with Crippen molar-refractivity contribution in [3.05, 3.63) is 23.8 Å². The van der Waals surface area contributed by atoms with Crippen LogP contribution in [0.15, 0.2) is 23.1 Å². The Kier molecular flexibility index (Phi) is 4.71. The van der Waals surface area contributed by atoms with E-state index < -0.39 is 10.0 Å². The molecule has 1 amide bonds. The largest absolute Gasteiger partial charge is 0.309 e. The fraction of sp³-hybridized carbons (Fsp3) is 0.611. The predicted octanol–water partition coefficient (Wildman–Crippen LogP) is 2.70. The molecule has 1 aromatic rings. The van der Waals surface area contributed by atoms with E-state index in [9.17, 15) is 13.2 Å². The molecule has 1 atom stereocenters. The van der Waals surface area contributed by atoms with E-state index in [1.54, 1.807) is 18.2 Å². The highest BCUT2D eigenvalue weighted by atomic mass is 32.2. The Labute approximate surface area is 144 Å². The van der Waals surface area contributed by atoms with Gasteiger partial charge in [0, 0.05) is 24.2 Å². The van der Waals surface area contributed by atoms with E-state index in [0.717, 1.165) is 30.5 Å². The Morgan fingerprint density at radius 3 is 2.67 bits per heavy atom. The first-order valence-corrected chi connectivity index (χ1v) is 10.2. The predicted molar refractivity (Wildman–Crippen MR) is 94.5 cm³/mol. The van der Waals surface area contributed by atoms with Crippen LogP contribution < -0.4 is 9.62 Å². The van der Waals surface area contributed by atoms with Crippen molar-refractivity contribution in [2.75, 3.05) is 11.4 Å². The van der Waals surface area contributed by atoms with Gasteiger partial charge in [-0.25, -0.2) is 13.1 Å². The summed E-state index contributed by atoms with van der Waals surface area (Å²) >= 11 is 0. The third-order valence-electron chi connectivity index (χ3n) is 4.75. The van der Waals surface area contributed by atoms with Crippen LogP contribution in [0, 0.1) is 11.8 Å². The maximum atomic E-state index is 12.5. The summed E-state index contributed by atoms with van der Waals surface area (Å²) in [6, 6.07) is 5.22. The highest BCUT2D eigenvalue weighted by molar-refractivity contribution is 7.89. The molecule has 1 N–H and O–H groups in total. The quantitative estimate of drug-likeness (QED) is 0.858. The summed E-state index contributed by atoms with van der Waals surface area (Å²) in [6.07, 6.45) is 3.47. The monoisotopic (exact) mass is 350 g/mol. The first-order chi connectivity index (χ1) is 11.3. The Balaban J connectivity index is 1.79. The number of nitrogens with zero attached hydrogens (tertiary/aromatic N) is 1. The van der Waals surface area contributed by atoms with Crippen LogP contribution in [0.5, 0.6) is 0 Å². The average molecular weight is 350 g/mol. The second-order valence-electron chi connectivity index (χ2n) is 7.41. The van der Waals surface area contributed by atoms with Crippen molar-refractivity contribution in [2.24, 2.45) is 11.8 Å². The first-order valence-electron chi connectivity index (χ1n) is 8.75. The summed E-state index contributed by atoms with van der Waals surface area (Å²) < 4.78 is 27.5. The standard InChI is InChI=1S/C18H26N2O3S/c1-12(2)8-9-19-24(22,23)16-6-7-17-15(11-16)10-13(3)20(17)18(21)14-4-5-14/h6-7,11-14,19H,4-5,8-10H2,1-3H3. The van der Waals surface area contributed by atoms with Gasteiger partial charge in [0.15, 0.2) is 0 Å². The van der Waals surface area contributed by atoms with Crippen LogP contribution >= 0.6 is 0 Å². The van der Waals surface area contributed by atoms with Crippen LogP contribution in [-0.2, 0) is 21.2 Å². The molecule has 0 bridgehead atoms. The number of amides is 1. The third kappa shape index (κ3) is 3.49. The molecule has 6 heteroatoms. The van der Waals surface area contributed by atoms with E-state index >= 15 is 0 Å². The minimum atomic E-state index is -3.49. The summed E-state index contributed by atoms with van der Waals surface area (Å²) in [5.41, 5.74) is 1.82. The molecule has 0 aromatic heterocycles. The highest BCUT2D eigenvalue weighted by Crippen LogP contribution is 2.39. The number of hydrogen-bond acceptors (Lipinski definition) is 3. The van der Waals surface area contributed by atoms with Gasteiger partial charge in [-0.3, -0.25) is 4.79 Å². The van der Waals surface area contributed by atoms with Gasteiger partial charge >= 0.3 is 0 Å². The molecule has 1 fully saturated rings. The molecule has 3 rings (SSSR count). The minimum Gasteiger partial charge on any atom is -0.309 e. The van der Waals surface area contributed by atoms with E-state index in [2.05, 4.69) is 18.6 Å². The van der Waals surface area contributed by atoms with E-state index in [4.69, 9.17) is 0 Å². The van der Waals surface area contributed by atoms with Gasteiger partial charge in [-0.1, -0.05) is 13.8 Å². The lowest BCUT2D eigenvalue weighted by Gasteiger charge is -2.22. The van der Waals surface area contributed by atoms with Crippen molar-refractivity contribution < 1.29 is 13.2 Å². The molecule has 2 aliphatic rings. The maximum Gasteiger partial charge on any atom is 0.240 e. The number of benzene rings is 1. The van der Waals surface area contributed by atoms with Gasteiger partial charge in [0.2, 0.25) is 15.9 Å². The molecular weight excluding hydrogens is 324 g/mol. The van der Waals surface area contributed by atoms with Crippen LogP contribution in [0.25, 0.3) is 0 Å². The Morgan fingerprint density at radius 1 is 1.33 bits per heavy atom. The number of rotatable bonds is 6. The van der Waals surface area contributed by atoms with Crippen molar-refractivity contribution in [2.45, 2.75) is 57.4 Å². The molecule has 1 aromatic carbocycles. The van der Waals surface area contributed by atoms with Gasteiger partial charge in [-0.05, 0) is 62.3 Å². The highest BCUT2D eigenvalue weighted by Gasteiger charge is 2.39. The lowest BCUT2D eigenvalue weighted by atomic mass is 10.1. The van der Waals surface area contributed by atoms with Crippen molar-refractivity contribution in [3.63, 3.8) is 0 Å². The van der Waals surface area contributed by atoms with Gasteiger partial charge in [0.25, 0.3) is 0 Å². The summed E-state index contributed by atoms with van der Waals surface area (Å²) in [5.74, 6) is 0.807. The summed E-state index contributed by atoms with van der Waals surface area (Å²) in [7, 11) is -3.49. The van der Waals surface area contributed by atoms with Crippen LogP contribution in [-0.4, -0.2) is 26.9 Å². The second kappa shape index (κ2) is 6.48. The van der Waals surface area contributed by atoms with E-state index in [0.29, 0.717) is 18.9 Å². The smallest absolute Gasteiger partial charge is 0.240 e. The normalized spacial score (nSPS) is 20.5. The van der Waals surface area contributed by atoms with Gasteiger partial charge < -0.3 is 4.90 Å². The number of carbonyl (C=O) groups is 1. The second-order valence-corrected chi connectivity index (χ2v) is 9.17. The molecule has 1 heterocycles. The number of nitrogens with one attached hydrogen (secondary N) is 1. The van der Waals surface area contributed by atoms with Crippen molar-refractivity contribution >= 4 is 21.6 Å². The summed E-state index contributed by atoms with van der Waals surface area (Å²) in [5, 5.41) is 0. The van der Waals surface area contributed by atoms with E-state index in [1.165, 1.54) is 0 Å². The lowest BCUT2D eigenvalue weighted by Crippen LogP contribution is -2.36. The third-order valence-corrected chi connectivity index (χ3v) is 6.21. The molecule has 24 heavy (non-hydrogen) atoms. The molecule has 5 nitrogen and oxygen atoms in total. The van der Waals surface area contributed by atoms with Crippen LogP contribution in [0.2, 0.25) is 0 Å². The first kappa shape index (κ1) is 17.4. The Bertz CT molecular complexity index is 739. The summed E-state index contributed by atoms with van der Waals surface area (Å²) in [6.45, 7) is 6.60. The molecule has 0 spiro atoms. The zero-order valence-corrected chi connectivity index (χ0v) is 15.4. The van der Waals surface area contributed by atoms with Crippen molar-refractivity contribution in [3.8, 4) is 0 Å². The Hall–Kier alpha value is -1.40. The molecule has 1 unspecified atom stereocenters. The lowest BCUT2D eigenvalue weighted by molar-refractivity contribution is -0.120. The molecule has 1 saturated carbocycles. The zero-order valence-electron chi connectivity index (χ0n) is 14.6. The van der Waals surface area contributed by atoms with Gasteiger partial charge in [-0.15, -0.1) is 0 Å². The van der Waals surface area contributed by atoms with Crippen molar-refractivity contribution in [1.82, 2.24) is 4.72 Å². The molecule has 1 aliphatic carbocycles. The number of hydrogen-bond donors (Lipinski definition) is 1. The average Bonchev–Trinajstić information content (AvgIpc) is 3.28. The van der Waals surface area contributed by atoms with Gasteiger partial charge in [0.05, 0.1) is 4.90 Å². The number of sulfonamides is 1. The Morgan fingerprint density at radius 2 is 2.04 bits per heavy atom. The van der Waals surface area contributed by atoms with E-state index in [-0.39, 0.29) is 22.8 Å². The summed E-state index contributed by atoms with van der Waals surface area (Å²) in [4.78, 5) is 14.6. The topological polar surface area (TPSA) is 66.5 Å². The zero-order chi connectivity index (χ0) is 17.5. The number of fused-ring (bicyclic) bond motifs is 1. The molecule has 0 radical (unpaired) electrons. The van der Waals surface area contributed by atoms with Gasteiger partial charge in [0.1, 0.15) is 0 Å². The molecule has 132 valence electrons. The fourth-order valence-corrected chi connectivity index (χ4v) is 4.30. The van der Waals surface area contributed by atoms with Gasteiger partial charge in [-0.2, -0.15) is 0 Å². The van der Waals surface area contributed by atoms with Crippen molar-refractivity contribution in [1.29, 1.82) is 0 Å². The molecule has 0 saturated heterocycles.